The second-order valence-corrected chi connectivity index (χ2v) is 13.5. The molecule has 1 aliphatic carbocycles. The van der Waals surface area contributed by atoms with Crippen LogP contribution in [-0.2, 0) is 28.5 Å². The van der Waals surface area contributed by atoms with Crippen LogP contribution in [0.25, 0.3) is 0 Å². The van der Waals surface area contributed by atoms with Gasteiger partial charge in [-0.15, -0.1) is 11.8 Å². The van der Waals surface area contributed by atoms with Crippen LogP contribution in [0.2, 0.25) is 0 Å². The Kier molecular flexibility index (Phi) is 11.9. The topological polar surface area (TPSA) is 132 Å². The summed E-state index contributed by atoms with van der Waals surface area (Å²) in [6.07, 6.45) is -3.20. The molecule has 0 amide bonds. The van der Waals surface area contributed by atoms with Crippen molar-refractivity contribution in [2.75, 3.05) is 6.61 Å². The lowest BCUT2D eigenvalue weighted by atomic mass is 9.98. The van der Waals surface area contributed by atoms with Crippen LogP contribution >= 0.6 is 11.8 Å². The molecule has 11 heteroatoms. The molecule has 1 unspecified atom stereocenters. The van der Waals surface area contributed by atoms with E-state index in [1.165, 1.54) is 11.8 Å². The average Bonchev–Trinajstić information content (AvgIpc) is 3.17. The van der Waals surface area contributed by atoms with E-state index in [4.69, 9.17) is 23.7 Å². The zero-order chi connectivity index (χ0) is 35.6. The molecule has 2 fully saturated rings. The number of rotatable bonds is 11. The van der Waals surface area contributed by atoms with Crippen molar-refractivity contribution in [2.45, 2.75) is 60.8 Å². The number of carbonyl (C=O) groups excluding carboxylic acids is 5. The van der Waals surface area contributed by atoms with Crippen LogP contribution in [0.3, 0.4) is 0 Å². The molecule has 2 aliphatic rings. The van der Waals surface area contributed by atoms with Gasteiger partial charge in [-0.25, -0.2) is 19.2 Å². The minimum atomic E-state index is -1.43. The number of Topliss-reactive ketones (excluding diaryl/α,β-unsaturated/α-hetero) is 1. The first-order valence-corrected chi connectivity index (χ1v) is 17.6. The Bertz CT molecular complexity index is 1800. The van der Waals surface area contributed by atoms with Gasteiger partial charge in [-0.05, 0) is 61.4 Å². The van der Waals surface area contributed by atoms with Gasteiger partial charge in [0.05, 0.1) is 22.3 Å². The quantitative estimate of drug-likeness (QED) is 0.125. The van der Waals surface area contributed by atoms with Crippen molar-refractivity contribution < 1.29 is 47.7 Å². The summed E-state index contributed by atoms with van der Waals surface area (Å²) in [5.41, 5.74) is -0.0761. The molecule has 6 rings (SSSR count). The van der Waals surface area contributed by atoms with E-state index in [2.05, 4.69) is 0 Å². The maximum absolute atomic E-state index is 13.7. The van der Waals surface area contributed by atoms with Gasteiger partial charge in [0.2, 0.25) is 0 Å². The first-order valence-electron chi connectivity index (χ1n) is 16.7. The van der Waals surface area contributed by atoms with Crippen molar-refractivity contribution in [3.63, 3.8) is 0 Å². The highest BCUT2D eigenvalue weighted by molar-refractivity contribution is 8.00. The number of carbonyl (C=O) groups is 5. The molecule has 1 heterocycles. The number of ether oxygens (including phenoxy) is 5. The van der Waals surface area contributed by atoms with Crippen molar-refractivity contribution in [2.24, 2.45) is 0 Å². The lowest BCUT2D eigenvalue weighted by Gasteiger charge is -2.45. The molecular weight excluding hydrogens is 672 g/mol. The van der Waals surface area contributed by atoms with E-state index in [0.29, 0.717) is 24.8 Å². The molecule has 1 saturated heterocycles. The molecule has 0 spiro atoms. The Labute approximate surface area is 299 Å². The van der Waals surface area contributed by atoms with Crippen LogP contribution in [0.5, 0.6) is 0 Å². The maximum atomic E-state index is 13.7. The molecule has 6 atom stereocenters. The van der Waals surface area contributed by atoms with Crippen molar-refractivity contribution in [3.05, 3.63) is 144 Å². The monoisotopic (exact) mass is 708 g/mol. The summed E-state index contributed by atoms with van der Waals surface area (Å²) in [6, 6.07) is 33.1. The van der Waals surface area contributed by atoms with Crippen LogP contribution in [0.1, 0.15) is 67.1 Å². The summed E-state index contributed by atoms with van der Waals surface area (Å²) < 4.78 is 30.6. The van der Waals surface area contributed by atoms with Crippen molar-refractivity contribution in [3.8, 4) is 0 Å². The fourth-order valence-corrected chi connectivity index (χ4v) is 7.46. The number of benzene rings is 4. The highest BCUT2D eigenvalue weighted by Gasteiger charge is 2.54. The van der Waals surface area contributed by atoms with Crippen molar-refractivity contribution in [1.82, 2.24) is 0 Å². The predicted octanol–water partition coefficient (Wildman–Crippen LogP) is 6.49. The van der Waals surface area contributed by atoms with Gasteiger partial charge in [-0.1, -0.05) is 72.8 Å². The molecule has 4 aromatic rings. The third kappa shape index (κ3) is 9.30. The molecule has 0 radical (unpaired) electrons. The van der Waals surface area contributed by atoms with Crippen molar-refractivity contribution >= 4 is 41.4 Å². The molecule has 1 aliphatic heterocycles. The first kappa shape index (κ1) is 35.6. The number of esters is 4. The lowest BCUT2D eigenvalue weighted by molar-refractivity contribution is -0.207. The zero-order valence-electron chi connectivity index (χ0n) is 27.5. The third-order valence-corrected chi connectivity index (χ3v) is 9.94. The third-order valence-electron chi connectivity index (χ3n) is 8.50. The van der Waals surface area contributed by atoms with E-state index >= 15 is 0 Å². The summed E-state index contributed by atoms with van der Waals surface area (Å²) in [4.78, 5) is 66.6. The van der Waals surface area contributed by atoms with E-state index in [1.807, 2.05) is 0 Å². The Morgan fingerprint density at radius 3 is 1.49 bits per heavy atom. The fraction of sp³-hybridized carbons (Fsp3) is 0.275. The van der Waals surface area contributed by atoms with Gasteiger partial charge in [0.1, 0.15) is 23.9 Å². The van der Waals surface area contributed by atoms with Gasteiger partial charge in [-0.3, -0.25) is 4.79 Å². The fourth-order valence-electron chi connectivity index (χ4n) is 5.93. The Balaban J connectivity index is 1.39. The summed E-state index contributed by atoms with van der Waals surface area (Å²) in [5, 5.41) is -0.199. The summed E-state index contributed by atoms with van der Waals surface area (Å²) >= 11 is 1.28. The normalized spacial score (nSPS) is 23.0. The highest BCUT2D eigenvalue weighted by Crippen LogP contribution is 2.40. The van der Waals surface area contributed by atoms with Crippen molar-refractivity contribution in [1.29, 1.82) is 0 Å². The van der Waals surface area contributed by atoms with E-state index in [-0.39, 0.29) is 34.1 Å². The number of hydrogen-bond donors (Lipinski definition) is 0. The minimum absolute atomic E-state index is 0.0995. The second-order valence-electron chi connectivity index (χ2n) is 12.1. The lowest BCUT2D eigenvalue weighted by Crippen LogP contribution is -2.62. The molecule has 4 aromatic carbocycles. The van der Waals surface area contributed by atoms with Gasteiger partial charge in [0, 0.05) is 18.1 Å². The van der Waals surface area contributed by atoms with Gasteiger partial charge < -0.3 is 23.7 Å². The van der Waals surface area contributed by atoms with Crippen LogP contribution in [0, 0.1) is 0 Å². The molecule has 0 N–H and O–H groups in total. The number of ketones is 1. The Morgan fingerprint density at radius 2 is 1.02 bits per heavy atom. The molecule has 0 bridgehead atoms. The van der Waals surface area contributed by atoms with E-state index in [1.54, 1.807) is 121 Å². The summed E-state index contributed by atoms with van der Waals surface area (Å²) in [6.45, 7) is -0.403. The van der Waals surface area contributed by atoms with Gasteiger partial charge in [0.25, 0.3) is 0 Å². The van der Waals surface area contributed by atoms with Gasteiger partial charge in [0.15, 0.2) is 18.3 Å². The van der Waals surface area contributed by atoms with Crippen LogP contribution in [0.4, 0.5) is 0 Å². The van der Waals surface area contributed by atoms with E-state index < -0.39 is 60.3 Å². The van der Waals surface area contributed by atoms with Crippen LogP contribution in [-0.4, -0.2) is 71.4 Å². The largest absolute Gasteiger partial charge is 0.459 e. The number of thioether (sulfide) groups is 1. The molecule has 51 heavy (non-hydrogen) atoms. The molecule has 1 saturated carbocycles. The summed E-state index contributed by atoms with van der Waals surface area (Å²) in [5.74, 6) is -2.80. The van der Waals surface area contributed by atoms with Crippen LogP contribution in [0.15, 0.2) is 121 Å². The second kappa shape index (κ2) is 17.1. The highest BCUT2D eigenvalue weighted by atomic mass is 32.2. The smallest absolute Gasteiger partial charge is 0.338 e. The van der Waals surface area contributed by atoms with E-state index in [0.717, 1.165) is 0 Å². The molecule has 0 aromatic heterocycles. The zero-order valence-corrected chi connectivity index (χ0v) is 28.4. The minimum Gasteiger partial charge on any atom is -0.459 e. The SMILES string of the molecule is O=C1CCCC(S[C@@H]2O[C@H](COC(=O)c3ccccc3)[C@@H](OC(=O)c3ccccc3)[C@H](OC(=O)c3ccccc3)[C@H]2OC(=O)c2ccccc2)C1. The molecule has 262 valence electrons. The Hall–Kier alpha value is -5.26. The summed E-state index contributed by atoms with van der Waals surface area (Å²) in [7, 11) is 0. The van der Waals surface area contributed by atoms with E-state index in [9.17, 15) is 24.0 Å². The standard InChI is InChI=1S/C40H36O10S/c41-30-22-13-23-31(24-30)51-40-35(50-39(45)29-20-11-4-12-21-29)34(49-38(44)28-18-9-3-10-19-28)33(48-37(43)27-16-7-2-8-17-27)32(47-40)25-46-36(42)26-14-5-1-6-15-26/h1-12,14-21,31-35,40H,13,22-25H2/t31?,32-,33-,34+,35-,40+/m1/s1. The number of hydrogen-bond acceptors (Lipinski definition) is 11. The maximum Gasteiger partial charge on any atom is 0.338 e. The molecule has 10 nitrogen and oxygen atoms in total. The predicted molar refractivity (Wildman–Crippen MR) is 187 cm³/mol. The molecular formula is C40H36O10S. The van der Waals surface area contributed by atoms with Gasteiger partial charge in [-0.2, -0.15) is 0 Å². The van der Waals surface area contributed by atoms with Crippen LogP contribution < -0.4 is 0 Å². The van der Waals surface area contributed by atoms with Gasteiger partial charge >= 0.3 is 23.9 Å². The first-order chi connectivity index (χ1) is 24.9. The Morgan fingerprint density at radius 1 is 0.588 bits per heavy atom. The average molecular weight is 709 g/mol.